The molecule has 0 atom stereocenters. The molecule has 18 heavy (non-hydrogen) atoms. The Kier molecular flexibility index (Phi) is 3.69. The third kappa shape index (κ3) is 2.72. The molecule has 0 saturated carbocycles. The molecule has 2 rings (SSSR count). The zero-order valence-corrected chi connectivity index (χ0v) is 11.8. The highest BCUT2D eigenvalue weighted by atomic mass is 79.9. The van der Waals surface area contributed by atoms with Crippen LogP contribution in [0.5, 0.6) is 11.5 Å². The lowest BCUT2D eigenvalue weighted by Gasteiger charge is -2.10. The lowest BCUT2D eigenvalue weighted by Crippen LogP contribution is -1.89. The minimum atomic E-state index is 0.600. The van der Waals surface area contributed by atoms with Crippen molar-refractivity contribution in [2.75, 3.05) is 0 Å². The van der Waals surface area contributed by atoms with Gasteiger partial charge in [-0.1, -0.05) is 12.1 Å². The molecule has 0 spiro atoms. The first kappa shape index (κ1) is 12.7. The molecule has 2 aromatic rings. The molecule has 0 aliphatic rings. The van der Waals surface area contributed by atoms with Crippen LogP contribution < -0.4 is 4.74 Å². The molecule has 0 heterocycles. The first-order valence-corrected chi connectivity index (χ1v) is 6.34. The van der Waals surface area contributed by atoms with Gasteiger partial charge in [0.1, 0.15) is 17.6 Å². The van der Waals surface area contributed by atoms with Crippen molar-refractivity contribution in [3.05, 3.63) is 57.6 Å². The predicted molar refractivity (Wildman–Crippen MR) is 74.8 cm³/mol. The smallest absolute Gasteiger partial charge is 0.130 e. The molecule has 0 unspecified atom stereocenters. The van der Waals surface area contributed by atoms with E-state index in [1.54, 1.807) is 18.2 Å². The summed E-state index contributed by atoms with van der Waals surface area (Å²) in [4.78, 5) is 0. The van der Waals surface area contributed by atoms with E-state index < -0.39 is 0 Å². The SMILES string of the molecule is Cc1ccc(C)c(Oc2ccc(C#N)c(Br)c2)c1. The molecule has 0 N–H and O–H groups in total. The molecule has 0 saturated heterocycles. The van der Waals surface area contributed by atoms with Gasteiger partial charge in [0.2, 0.25) is 0 Å². The number of halogens is 1. The van der Waals surface area contributed by atoms with Crippen molar-refractivity contribution < 1.29 is 4.74 Å². The van der Waals surface area contributed by atoms with Crippen molar-refractivity contribution in [1.82, 2.24) is 0 Å². The van der Waals surface area contributed by atoms with Crippen LogP contribution in [-0.2, 0) is 0 Å². The van der Waals surface area contributed by atoms with Crippen LogP contribution in [-0.4, -0.2) is 0 Å². The van der Waals surface area contributed by atoms with Crippen LogP contribution in [0.4, 0.5) is 0 Å². The molecule has 0 amide bonds. The average molecular weight is 302 g/mol. The van der Waals surface area contributed by atoms with Gasteiger partial charge in [0.05, 0.1) is 5.56 Å². The van der Waals surface area contributed by atoms with Gasteiger partial charge in [0.15, 0.2) is 0 Å². The third-order valence-corrected chi connectivity index (χ3v) is 3.29. The van der Waals surface area contributed by atoms with Crippen molar-refractivity contribution >= 4 is 15.9 Å². The maximum atomic E-state index is 8.86. The normalized spacial score (nSPS) is 9.89. The van der Waals surface area contributed by atoms with Crippen molar-refractivity contribution in [3.8, 4) is 17.6 Å². The largest absolute Gasteiger partial charge is 0.457 e. The van der Waals surface area contributed by atoms with Crippen LogP contribution in [0.15, 0.2) is 40.9 Å². The number of benzene rings is 2. The Bertz CT molecular complexity index is 629. The zero-order valence-electron chi connectivity index (χ0n) is 10.2. The minimum absolute atomic E-state index is 0.600. The third-order valence-electron chi connectivity index (χ3n) is 2.63. The van der Waals surface area contributed by atoms with E-state index >= 15 is 0 Å². The number of hydrogen-bond donors (Lipinski definition) is 0. The van der Waals surface area contributed by atoms with Crippen LogP contribution in [0.2, 0.25) is 0 Å². The van der Waals surface area contributed by atoms with E-state index in [0.717, 1.165) is 27.1 Å². The fourth-order valence-electron chi connectivity index (χ4n) is 1.59. The summed E-state index contributed by atoms with van der Waals surface area (Å²) in [6.45, 7) is 4.04. The highest BCUT2D eigenvalue weighted by Crippen LogP contribution is 2.29. The van der Waals surface area contributed by atoms with Crippen LogP contribution in [0.25, 0.3) is 0 Å². The highest BCUT2D eigenvalue weighted by molar-refractivity contribution is 9.10. The quantitative estimate of drug-likeness (QED) is 0.803. The number of nitrogens with zero attached hydrogens (tertiary/aromatic N) is 1. The van der Waals surface area contributed by atoms with Crippen molar-refractivity contribution in [3.63, 3.8) is 0 Å². The second kappa shape index (κ2) is 5.24. The van der Waals surface area contributed by atoms with Gasteiger partial charge < -0.3 is 4.74 Å². The molecular formula is C15H12BrNO. The van der Waals surface area contributed by atoms with E-state index in [2.05, 4.69) is 28.1 Å². The lowest BCUT2D eigenvalue weighted by atomic mass is 10.1. The molecule has 2 aromatic carbocycles. The molecule has 0 radical (unpaired) electrons. The molecule has 0 bridgehead atoms. The van der Waals surface area contributed by atoms with Gasteiger partial charge >= 0.3 is 0 Å². The van der Waals surface area contributed by atoms with Crippen LogP contribution in [0.3, 0.4) is 0 Å². The molecule has 0 aliphatic carbocycles. The van der Waals surface area contributed by atoms with Gasteiger partial charge in [-0.3, -0.25) is 0 Å². The Balaban J connectivity index is 2.32. The van der Waals surface area contributed by atoms with Gasteiger partial charge in [-0.15, -0.1) is 0 Å². The van der Waals surface area contributed by atoms with Crippen LogP contribution >= 0.6 is 15.9 Å². The second-order valence-electron chi connectivity index (χ2n) is 4.12. The Labute approximate surface area is 115 Å². The Morgan fingerprint density at radius 3 is 2.56 bits per heavy atom. The van der Waals surface area contributed by atoms with E-state index in [-0.39, 0.29) is 0 Å². The summed E-state index contributed by atoms with van der Waals surface area (Å²) in [5.74, 6) is 1.56. The van der Waals surface area contributed by atoms with E-state index in [0.29, 0.717) is 5.56 Å². The van der Waals surface area contributed by atoms with Gasteiger partial charge in [0, 0.05) is 4.47 Å². The highest BCUT2D eigenvalue weighted by Gasteiger charge is 2.05. The van der Waals surface area contributed by atoms with Crippen molar-refractivity contribution in [2.24, 2.45) is 0 Å². The van der Waals surface area contributed by atoms with E-state index in [1.165, 1.54) is 0 Å². The summed E-state index contributed by atoms with van der Waals surface area (Å²) in [7, 11) is 0. The topological polar surface area (TPSA) is 33.0 Å². The number of aryl methyl sites for hydroxylation is 2. The molecule has 90 valence electrons. The molecule has 0 aromatic heterocycles. The van der Waals surface area contributed by atoms with Crippen LogP contribution in [0.1, 0.15) is 16.7 Å². The molecule has 0 fully saturated rings. The summed E-state index contributed by atoms with van der Waals surface area (Å²) in [5, 5.41) is 8.86. The van der Waals surface area contributed by atoms with E-state index in [4.69, 9.17) is 10.00 Å². The fraction of sp³-hybridized carbons (Fsp3) is 0.133. The number of rotatable bonds is 2. The number of ether oxygens (including phenoxy) is 1. The molecule has 2 nitrogen and oxygen atoms in total. The van der Waals surface area contributed by atoms with Gasteiger partial charge in [-0.05, 0) is 65.2 Å². The molecule has 3 heteroatoms. The van der Waals surface area contributed by atoms with Gasteiger partial charge in [0.25, 0.3) is 0 Å². The first-order valence-electron chi connectivity index (χ1n) is 5.55. The Morgan fingerprint density at radius 1 is 1.11 bits per heavy atom. The van der Waals surface area contributed by atoms with Crippen molar-refractivity contribution in [2.45, 2.75) is 13.8 Å². The number of hydrogen-bond acceptors (Lipinski definition) is 2. The fourth-order valence-corrected chi connectivity index (χ4v) is 2.04. The summed E-state index contributed by atoms with van der Waals surface area (Å²) in [6, 6.07) is 13.5. The van der Waals surface area contributed by atoms with Crippen LogP contribution in [0, 0.1) is 25.2 Å². The van der Waals surface area contributed by atoms with Gasteiger partial charge in [-0.25, -0.2) is 0 Å². The lowest BCUT2D eigenvalue weighted by molar-refractivity contribution is 0.478. The molecule has 0 aliphatic heterocycles. The summed E-state index contributed by atoms with van der Waals surface area (Å²) >= 11 is 3.35. The Morgan fingerprint density at radius 2 is 1.89 bits per heavy atom. The average Bonchev–Trinajstić information content (AvgIpc) is 2.34. The summed E-state index contributed by atoms with van der Waals surface area (Å²) in [5.41, 5.74) is 2.84. The summed E-state index contributed by atoms with van der Waals surface area (Å²) in [6.07, 6.45) is 0. The van der Waals surface area contributed by atoms with Gasteiger partial charge in [-0.2, -0.15) is 5.26 Å². The monoisotopic (exact) mass is 301 g/mol. The maximum absolute atomic E-state index is 8.86. The number of nitriles is 1. The van der Waals surface area contributed by atoms with E-state index in [1.807, 2.05) is 26.0 Å². The van der Waals surface area contributed by atoms with Crippen molar-refractivity contribution in [1.29, 1.82) is 5.26 Å². The second-order valence-corrected chi connectivity index (χ2v) is 4.98. The Hall–Kier alpha value is -1.79. The summed E-state index contributed by atoms with van der Waals surface area (Å²) < 4.78 is 6.57. The molecular weight excluding hydrogens is 290 g/mol. The minimum Gasteiger partial charge on any atom is -0.457 e. The zero-order chi connectivity index (χ0) is 13.1. The van der Waals surface area contributed by atoms with E-state index in [9.17, 15) is 0 Å². The predicted octanol–water partition coefficient (Wildman–Crippen LogP) is 4.73. The standard InChI is InChI=1S/C15H12BrNO/c1-10-3-4-11(2)15(7-10)18-13-6-5-12(9-17)14(16)8-13/h3-8H,1-2H3. The maximum Gasteiger partial charge on any atom is 0.130 e. The first-order chi connectivity index (χ1) is 8.60.